The minimum absolute atomic E-state index is 0.0784. The summed E-state index contributed by atoms with van der Waals surface area (Å²) in [6.45, 7) is 8.14. The normalized spacial score (nSPS) is 16.7. The number of carbonyl (C=O) groups is 1. The Hall–Kier alpha value is -3.78. The first kappa shape index (κ1) is 22.0. The third kappa shape index (κ3) is 3.60. The van der Waals surface area contributed by atoms with E-state index in [0.29, 0.717) is 10.6 Å². The highest BCUT2D eigenvalue weighted by atomic mass is 32.2. The number of hydrazone groups is 1. The lowest BCUT2D eigenvalue weighted by Crippen LogP contribution is -2.35. The zero-order valence-electron chi connectivity index (χ0n) is 19.2. The number of aliphatic imine (C=N–C) groups is 1. The van der Waals surface area contributed by atoms with Gasteiger partial charge in [0.15, 0.2) is 5.84 Å². The quantitative estimate of drug-likeness (QED) is 0.512. The molecule has 0 spiro atoms. The molecule has 0 aliphatic carbocycles. The van der Waals surface area contributed by atoms with Crippen molar-refractivity contribution in [3.63, 3.8) is 0 Å². The summed E-state index contributed by atoms with van der Waals surface area (Å²) in [5, 5.41) is 14.9. The van der Waals surface area contributed by atoms with Gasteiger partial charge in [-0.25, -0.2) is 4.39 Å². The Morgan fingerprint density at radius 3 is 2.59 bits per heavy atom. The molecule has 0 fully saturated rings. The van der Waals surface area contributed by atoms with Crippen molar-refractivity contribution in [1.82, 2.24) is 9.58 Å². The molecule has 2 aliphatic heterocycles. The number of rotatable bonds is 3. The minimum Gasteiger partial charge on any atom is -0.318 e. The van der Waals surface area contributed by atoms with Crippen LogP contribution < -0.4 is 0 Å². The van der Waals surface area contributed by atoms with Crippen LogP contribution in [0.25, 0.3) is 11.8 Å². The number of aryl methyl sites for hydroxylation is 3. The highest BCUT2D eigenvalue weighted by Gasteiger charge is 2.36. The summed E-state index contributed by atoms with van der Waals surface area (Å²) in [7, 11) is 0. The molecule has 0 unspecified atom stereocenters. The fourth-order valence-electron chi connectivity index (χ4n) is 4.16. The van der Waals surface area contributed by atoms with Gasteiger partial charge in [0.1, 0.15) is 10.9 Å². The van der Waals surface area contributed by atoms with Crippen LogP contribution in [0.3, 0.4) is 0 Å². The zero-order valence-corrected chi connectivity index (χ0v) is 20.0. The van der Waals surface area contributed by atoms with E-state index in [0.717, 1.165) is 45.5 Å². The van der Waals surface area contributed by atoms with Gasteiger partial charge in [0.2, 0.25) is 5.17 Å². The van der Waals surface area contributed by atoms with E-state index in [9.17, 15) is 9.18 Å². The first-order valence-electron chi connectivity index (χ1n) is 10.8. The second-order valence-electron chi connectivity index (χ2n) is 8.36. The van der Waals surface area contributed by atoms with Gasteiger partial charge in [-0.2, -0.15) is 15.1 Å². The van der Waals surface area contributed by atoms with Gasteiger partial charge < -0.3 is 4.57 Å². The molecule has 3 heterocycles. The first-order valence-corrected chi connectivity index (χ1v) is 11.6. The predicted molar refractivity (Wildman–Crippen MR) is 135 cm³/mol. The van der Waals surface area contributed by atoms with E-state index < -0.39 is 11.7 Å². The Labute approximate surface area is 201 Å². The van der Waals surface area contributed by atoms with Gasteiger partial charge in [-0.1, -0.05) is 24.3 Å². The smallest absolute Gasteiger partial charge is 0.283 e. The van der Waals surface area contributed by atoms with Gasteiger partial charge in [0, 0.05) is 22.6 Å². The number of aromatic nitrogens is 1. The van der Waals surface area contributed by atoms with Crippen LogP contribution in [0.15, 0.2) is 64.2 Å². The summed E-state index contributed by atoms with van der Waals surface area (Å²) in [5.74, 6) is -1.00. The number of thioether (sulfide) groups is 1. The van der Waals surface area contributed by atoms with Crippen LogP contribution in [-0.2, 0) is 4.79 Å². The molecule has 5 rings (SSSR count). The molecule has 0 saturated carbocycles. The SMILES string of the molecule is Cc1ccc(C)c(-n2c(C)cc(/C=C3/C(=N)N4N=C(c5ccccc5F)SC4=NC3=O)c2C)c1. The van der Waals surface area contributed by atoms with Gasteiger partial charge >= 0.3 is 0 Å². The van der Waals surface area contributed by atoms with Crippen LogP contribution in [0.1, 0.15) is 33.6 Å². The number of benzene rings is 2. The molecule has 0 saturated heterocycles. The molecule has 1 aromatic heterocycles. The molecular formula is C26H22FN5OS. The Morgan fingerprint density at radius 1 is 1.06 bits per heavy atom. The Bertz CT molecular complexity index is 1480. The van der Waals surface area contributed by atoms with E-state index in [2.05, 4.69) is 46.7 Å². The molecule has 34 heavy (non-hydrogen) atoms. The summed E-state index contributed by atoms with van der Waals surface area (Å²) < 4.78 is 16.4. The summed E-state index contributed by atoms with van der Waals surface area (Å²) >= 11 is 1.08. The topological polar surface area (TPSA) is 73.8 Å². The van der Waals surface area contributed by atoms with E-state index in [1.165, 1.54) is 11.1 Å². The number of hydrogen-bond acceptors (Lipinski definition) is 4. The van der Waals surface area contributed by atoms with Crippen molar-refractivity contribution in [2.45, 2.75) is 27.7 Å². The summed E-state index contributed by atoms with van der Waals surface area (Å²) in [6, 6.07) is 14.6. The molecule has 1 N–H and O–H groups in total. The molecule has 6 nitrogen and oxygen atoms in total. The van der Waals surface area contributed by atoms with Crippen molar-refractivity contribution in [3.05, 3.63) is 93.6 Å². The Balaban J connectivity index is 1.54. The molecule has 1 amide bonds. The average Bonchev–Trinajstić information content (AvgIpc) is 3.33. The van der Waals surface area contributed by atoms with E-state index in [1.54, 1.807) is 24.3 Å². The fourth-order valence-corrected chi connectivity index (χ4v) is 5.07. The third-order valence-electron chi connectivity index (χ3n) is 5.93. The number of fused-ring (bicyclic) bond motifs is 1. The monoisotopic (exact) mass is 471 g/mol. The van der Waals surface area contributed by atoms with E-state index >= 15 is 0 Å². The highest BCUT2D eigenvalue weighted by molar-refractivity contribution is 8.27. The van der Waals surface area contributed by atoms with Gasteiger partial charge in [-0.15, -0.1) is 0 Å². The fraction of sp³-hybridized carbons (Fsp3) is 0.154. The van der Waals surface area contributed by atoms with Crippen molar-refractivity contribution in [2.75, 3.05) is 0 Å². The van der Waals surface area contributed by atoms with Crippen LogP contribution in [0.4, 0.5) is 4.39 Å². The minimum atomic E-state index is -0.509. The maximum atomic E-state index is 14.2. The van der Waals surface area contributed by atoms with Gasteiger partial charge in [-0.3, -0.25) is 10.2 Å². The number of carbonyl (C=O) groups excluding carboxylic acids is 1. The van der Waals surface area contributed by atoms with Crippen molar-refractivity contribution in [1.29, 1.82) is 5.41 Å². The molecule has 3 aromatic rings. The van der Waals surface area contributed by atoms with Crippen molar-refractivity contribution in [2.24, 2.45) is 10.1 Å². The predicted octanol–water partition coefficient (Wildman–Crippen LogP) is 5.52. The standard InChI is InChI=1S/C26H22FN5OS/c1-14-9-10-15(2)22(11-14)31-16(3)12-18(17(31)4)13-20-23(28)32-26(29-24(20)33)34-25(30-32)19-7-5-6-8-21(19)27/h5-13,28H,1-4H3/b20-13-,28-23?. The second-order valence-corrected chi connectivity index (χ2v) is 9.31. The number of amides is 1. The van der Waals surface area contributed by atoms with Crippen molar-refractivity contribution in [3.8, 4) is 5.69 Å². The number of halogens is 1. The maximum absolute atomic E-state index is 14.2. The Morgan fingerprint density at radius 2 is 1.82 bits per heavy atom. The molecule has 8 heteroatoms. The van der Waals surface area contributed by atoms with E-state index in [1.807, 2.05) is 19.9 Å². The number of nitrogens with one attached hydrogen (secondary N) is 1. The zero-order chi connectivity index (χ0) is 24.1. The van der Waals surface area contributed by atoms with E-state index in [4.69, 9.17) is 5.41 Å². The molecular weight excluding hydrogens is 449 g/mol. The lowest BCUT2D eigenvalue weighted by atomic mass is 10.1. The van der Waals surface area contributed by atoms with Crippen LogP contribution in [0.5, 0.6) is 0 Å². The number of amidine groups is 2. The molecule has 0 bridgehead atoms. The summed E-state index contributed by atoms with van der Waals surface area (Å²) in [4.78, 5) is 17.0. The molecule has 0 radical (unpaired) electrons. The highest BCUT2D eigenvalue weighted by Crippen LogP contribution is 2.32. The van der Waals surface area contributed by atoms with Crippen molar-refractivity contribution < 1.29 is 9.18 Å². The molecule has 170 valence electrons. The lowest BCUT2D eigenvalue weighted by Gasteiger charge is -2.20. The number of nitrogens with zero attached hydrogens (tertiary/aromatic N) is 4. The average molecular weight is 472 g/mol. The molecule has 0 atom stereocenters. The van der Waals surface area contributed by atoms with Gasteiger partial charge in [0.05, 0.1) is 5.57 Å². The van der Waals surface area contributed by atoms with E-state index in [-0.39, 0.29) is 16.6 Å². The van der Waals surface area contributed by atoms with Crippen LogP contribution in [0, 0.1) is 38.9 Å². The molecule has 2 aromatic carbocycles. The van der Waals surface area contributed by atoms with Crippen LogP contribution >= 0.6 is 11.8 Å². The lowest BCUT2D eigenvalue weighted by molar-refractivity contribution is -0.114. The third-order valence-corrected chi connectivity index (χ3v) is 6.88. The van der Waals surface area contributed by atoms with Crippen molar-refractivity contribution >= 4 is 39.8 Å². The largest absolute Gasteiger partial charge is 0.318 e. The molecule has 2 aliphatic rings. The second kappa shape index (κ2) is 8.22. The van der Waals surface area contributed by atoms with Gasteiger partial charge in [-0.05, 0) is 86.5 Å². The summed E-state index contributed by atoms with van der Waals surface area (Å²) in [5.41, 5.74) is 6.65. The van der Waals surface area contributed by atoms with Gasteiger partial charge in [0.25, 0.3) is 5.91 Å². The first-order chi connectivity index (χ1) is 16.2. The van der Waals surface area contributed by atoms with Crippen LogP contribution in [-0.4, -0.2) is 31.5 Å². The summed E-state index contributed by atoms with van der Waals surface area (Å²) in [6.07, 6.45) is 1.69. The van der Waals surface area contributed by atoms with Crippen LogP contribution in [0.2, 0.25) is 0 Å². The number of hydrogen-bond donors (Lipinski definition) is 1. The maximum Gasteiger partial charge on any atom is 0.283 e. The Kier molecular flexibility index (Phi) is 5.32.